The highest BCUT2D eigenvalue weighted by Gasteiger charge is 2.49. The number of nitrogens with one attached hydrogen (secondary N) is 2. The van der Waals surface area contributed by atoms with Crippen LogP contribution in [-0.4, -0.2) is 23.0 Å². The molecule has 0 bridgehead atoms. The van der Waals surface area contributed by atoms with Gasteiger partial charge in [0.15, 0.2) is 0 Å². The lowest BCUT2D eigenvalue weighted by atomic mass is 9.77. The van der Waals surface area contributed by atoms with Crippen molar-refractivity contribution in [3.05, 3.63) is 25.0 Å². The fourth-order valence-corrected chi connectivity index (χ4v) is 1.59. The first kappa shape index (κ1) is 12.0. The average Bonchev–Trinajstić information content (AvgIpc) is 2.13. The van der Waals surface area contributed by atoms with Crippen molar-refractivity contribution >= 4 is 17.8 Å². The number of hydrogen-bond acceptors (Lipinski definition) is 4. The number of aliphatic hydroxyl groups is 1. The highest BCUT2D eigenvalue weighted by molar-refractivity contribution is 6.19. The van der Waals surface area contributed by atoms with Gasteiger partial charge in [0, 0.05) is 6.42 Å². The third kappa shape index (κ3) is 1.95. The average molecular weight is 224 g/mol. The molecule has 1 fully saturated rings. The third-order valence-corrected chi connectivity index (χ3v) is 2.32. The van der Waals surface area contributed by atoms with E-state index in [2.05, 4.69) is 13.2 Å². The third-order valence-electron chi connectivity index (χ3n) is 2.32. The molecule has 0 saturated carbocycles. The van der Waals surface area contributed by atoms with Gasteiger partial charge < -0.3 is 5.11 Å². The molecule has 0 atom stereocenters. The van der Waals surface area contributed by atoms with Crippen molar-refractivity contribution in [1.82, 2.24) is 10.6 Å². The molecule has 1 aliphatic rings. The molecule has 1 saturated heterocycles. The van der Waals surface area contributed by atoms with Crippen molar-refractivity contribution in [2.24, 2.45) is 5.41 Å². The van der Waals surface area contributed by atoms with Gasteiger partial charge in [0.25, 0.3) is 0 Å². The Morgan fingerprint density at radius 1 is 1.31 bits per heavy atom. The number of carbonyl (C=O) groups is 3. The Bertz CT molecular complexity index is 366. The van der Waals surface area contributed by atoms with Crippen LogP contribution in [0.1, 0.15) is 12.8 Å². The van der Waals surface area contributed by atoms with E-state index in [0.717, 1.165) is 0 Å². The monoisotopic (exact) mass is 224 g/mol. The molecule has 1 rings (SSSR count). The normalized spacial score (nSPS) is 18.6. The van der Waals surface area contributed by atoms with Crippen LogP contribution in [0, 0.1) is 5.41 Å². The summed E-state index contributed by atoms with van der Waals surface area (Å²) in [6.07, 6.45) is 1.14. The minimum absolute atomic E-state index is 0.0114. The van der Waals surface area contributed by atoms with Crippen LogP contribution in [0.5, 0.6) is 0 Å². The number of aliphatic hydroxyl groups excluding tert-OH is 1. The van der Waals surface area contributed by atoms with Gasteiger partial charge in [-0.1, -0.05) is 12.7 Å². The molecule has 0 aromatic heterocycles. The smallest absolute Gasteiger partial charge is 0.328 e. The molecule has 0 unspecified atom stereocenters. The molecule has 0 radical (unpaired) electrons. The van der Waals surface area contributed by atoms with Gasteiger partial charge in [0.05, 0.1) is 5.76 Å². The van der Waals surface area contributed by atoms with Crippen molar-refractivity contribution in [3.63, 3.8) is 0 Å². The molecule has 1 heterocycles. The molecule has 0 aromatic carbocycles. The lowest BCUT2D eigenvalue weighted by Crippen LogP contribution is -2.62. The Labute approximate surface area is 92.0 Å². The van der Waals surface area contributed by atoms with Crippen molar-refractivity contribution in [1.29, 1.82) is 0 Å². The fourth-order valence-electron chi connectivity index (χ4n) is 1.59. The van der Waals surface area contributed by atoms with E-state index in [4.69, 9.17) is 5.11 Å². The number of urea groups is 1. The highest BCUT2D eigenvalue weighted by Crippen LogP contribution is 2.32. The molecular formula is C10H12N2O4. The summed E-state index contributed by atoms with van der Waals surface area (Å²) in [4.78, 5) is 34.2. The second-order valence-electron chi connectivity index (χ2n) is 3.56. The number of barbiturate groups is 1. The largest absolute Gasteiger partial charge is 0.513 e. The topological polar surface area (TPSA) is 95.5 Å². The summed E-state index contributed by atoms with van der Waals surface area (Å²) in [5, 5.41) is 13.1. The van der Waals surface area contributed by atoms with E-state index in [-0.39, 0.29) is 18.6 Å². The first-order chi connectivity index (χ1) is 7.42. The van der Waals surface area contributed by atoms with Crippen LogP contribution in [-0.2, 0) is 9.59 Å². The number of hydrogen-bond donors (Lipinski definition) is 3. The molecular weight excluding hydrogens is 212 g/mol. The molecule has 0 aliphatic carbocycles. The quantitative estimate of drug-likeness (QED) is 0.365. The summed E-state index contributed by atoms with van der Waals surface area (Å²) in [5.41, 5.74) is -1.54. The van der Waals surface area contributed by atoms with E-state index < -0.39 is 23.3 Å². The van der Waals surface area contributed by atoms with Gasteiger partial charge in [-0.25, -0.2) is 4.79 Å². The Hall–Kier alpha value is -2.11. The first-order valence-corrected chi connectivity index (χ1v) is 4.57. The molecule has 4 amide bonds. The minimum atomic E-state index is -1.54. The molecule has 0 spiro atoms. The zero-order valence-corrected chi connectivity index (χ0v) is 8.58. The lowest BCUT2D eigenvalue weighted by Gasteiger charge is -2.32. The molecule has 3 N–H and O–H groups in total. The van der Waals surface area contributed by atoms with Crippen LogP contribution in [0.3, 0.4) is 0 Å². The second-order valence-corrected chi connectivity index (χ2v) is 3.56. The molecule has 0 aromatic rings. The van der Waals surface area contributed by atoms with E-state index in [9.17, 15) is 14.4 Å². The van der Waals surface area contributed by atoms with Crippen molar-refractivity contribution in [2.75, 3.05) is 0 Å². The maximum atomic E-state index is 11.7. The van der Waals surface area contributed by atoms with Gasteiger partial charge in [-0.2, -0.15) is 0 Å². The summed E-state index contributed by atoms with van der Waals surface area (Å²) in [5.74, 6) is -1.81. The predicted molar refractivity (Wildman–Crippen MR) is 55.3 cm³/mol. The van der Waals surface area contributed by atoms with E-state index in [0.29, 0.717) is 0 Å². The summed E-state index contributed by atoms with van der Waals surface area (Å²) < 4.78 is 0. The summed E-state index contributed by atoms with van der Waals surface area (Å²) in [7, 11) is 0. The number of amides is 4. The zero-order valence-electron chi connectivity index (χ0n) is 8.58. The molecule has 6 nitrogen and oxygen atoms in total. The number of rotatable bonds is 4. The first-order valence-electron chi connectivity index (χ1n) is 4.57. The van der Waals surface area contributed by atoms with E-state index in [1.807, 2.05) is 10.6 Å². The van der Waals surface area contributed by atoms with Crippen LogP contribution in [0.4, 0.5) is 4.79 Å². The van der Waals surface area contributed by atoms with Gasteiger partial charge >= 0.3 is 6.03 Å². The van der Waals surface area contributed by atoms with Crippen LogP contribution in [0.2, 0.25) is 0 Å². The van der Waals surface area contributed by atoms with E-state index >= 15 is 0 Å². The highest BCUT2D eigenvalue weighted by atomic mass is 16.3. The Balaban J connectivity index is 3.10. The number of allylic oxidation sites excluding steroid dienone is 2. The number of imide groups is 2. The lowest BCUT2D eigenvalue weighted by molar-refractivity contribution is -0.144. The maximum Gasteiger partial charge on any atom is 0.328 e. The van der Waals surface area contributed by atoms with Crippen molar-refractivity contribution < 1.29 is 19.5 Å². The Kier molecular flexibility index (Phi) is 3.12. The Morgan fingerprint density at radius 2 is 1.81 bits per heavy atom. The summed E-state index contributed by atoms with van der Waals surface area (Å²) in [6, 6.07) is -0.863. The molecule has 1 aliphatic heterocycles. The maximum absolute atomic E-state index is 11.7. The molecule has 6 heteroatoms. The zero-order chi connectivity index (χ0) is 12.3. The van der Waals surface area contributed by atoms with Gasteiger partial charge in [-0.05, 0) is 6.42 Å². The van der Waals surface area contributed by atoms with Crippen molar-refractivity contribution in [2.45, 2.75) is 12.8 Å². The molecule has 86 valence electrons. The van der Waals surface area contributed by atoms with E-state index in [1.165, 1.54) is 6.08 Å². The standard InChI is InChI=1S/C10H12N2O4/c1-3-4-10(5-6(2)13)7(14)11-9(16)12-8(10)15/h3,13H,1-2,4-5H2,(H2,11,12,14,15,16). The minimum Gasteiger partial charge on any atom is -0.513 e. The van der Waals surface area contributed by atoms with Gasteiger partial charge in [0.2, 0.25) is 11.8 Å². The van der Waals surface area contributed by atoms with Crippen LogP contribution >= 0.6 is 0 Å². The van der Waals surface area contributed by atoms with Crippen LogP contribution in [0.15, 0.2) is 25.0 Å². The number of carbonyl (C=O) groups excluding carboxylic acids is 3. The SMILES string of the molecule is C=CCC1(CC(=C)O)C(=O)NC(=O)NC1=O. The van der Waals surface area contributed by atoms with Gasteiger partial charge in [0.1, 0.15) is 5.41 Å². The molecule has 16 heavy (non-hydrogen) atoms. The summed E-state index contributed by atoms with van der Waals surface area (Å²) >= 11 is 0. The van der Waals surface area contributed by atoms with Crippen LogP contribution in [0.25, 0.3) is 0 Å². The van der Waals surface area contributed by atoms with E-state index in [1.54, 1.807) is 0 Å². The van der Waals surface area contributed by atoms with Gasteiger partial charge in [-0.15, -0.1) is 6.58 Å². The van der Waals surface area contributed by atoms with Crippen molar-refractivity contribution in [3.8, 4) is 0 Å². The Morgan fingerprint density at radius 3 is 2.19 bits per heavy atom. The predicted octanol–water partition coefficient (Wildman–Crippen LogP) is 0.377. The second kappa shape index (κ2) is 4.18. The van der Waals surface area contributed by atoms with Gasteiger partial charge in [-0.3, -0.25) is 20.2 Å². The van der Waals surface area contributed by atoms with Crippen LogP contribution < -0.4 is 10.6 Å². The fraction of sp³-hybridized carbons (Fsp3) is 0.300. The summed E-state index contributed by atoms with van der Waals surface area (Å²) in [6.45, 7) is 6.68.